The first-order valence-corrected chi connectivity index (χ1v) is 5.83. The van der Waals surface area contributed by atoms with Crippen molar-refractivity contribution in [3.8, 4) is 5.75 Å². The van der Waals surface area contributed by atoms with Crippen LogP contribution in [0.3, 0.4) is 0 Å². The summed E-state index contributed by atoms with van der Waals surface area (Å²) in [6.07, 6.45) is 0. The Morgan fingerprint density at radius 2 is 2.05 bits per heavy atom. The summed E-state index contributed by atoms with van der Waals surface area (Å²) < 4.78 is 22.9. The van der Waals surface area contributed by atoms with E-state index in [2.05, 4.69) is 0 Å². The van der Waals surface area contributed by atoms with Crippen molar-refractivity contribution in [1.82, 2.24) is 4.90 Å². The van der Waals surface area contributed by atoms with Gasteiger partial charge in [0, 0.05) is 19.2 Å². The van der Waals surface area contributed by atoms with Crippen LogP contribution in [-0.2, 0) is 9.53 Å². The molecule has 0 saturated carbocycles. The molecule has 110 valence electrons. The van der Waals surface area contributed by atoms with Crippen molar-refractivity contribution < 1.29 is 28.6 Å². The highest BCUT2D eigenvalue weighted by Crippen LogP contribution is 2.19. The topological polar surface area (TPSA) is 76.1 Å². The Labute approximate surface area is 115 Å². The maximum absolute atomic E-state index is 13.3. The van der Waals surface area contributed by atoms with Crippen LogP contribution in [-0.4, -0.2) is 55.8 Å². The standard InChI is InChI=1S/C13H16FNO5/c1-19-6-5-15(8-12(16)17)13(18)9-3-4-10(14)11(7-9)20-2/h3-4,7H,5-6,8H2,1-2H3,(H,16,17). The molecule has 0 heterocycles. The number of aliphatic carboxylic acids is 1. The molecule has 1 aromatic rings. The molecule has 0 aliphatic heterocycles. The maximum Gasteiger partial charge on any atom is 0.323 e. The van der Waals surface area contributed by atoms with Gasteiger partial charge in [0.15, 0.2) is 11.6 Å². The van der Waals surface area contributed by atoms with Gasteiger partial charge in [-0.3, -0.25) is 9.59 Å². The summed E-state index contributed by atoms with van der Waals surface area (Å²) in [6.45, 7) is -0.124. The third-order valence-electron chi connectivity index (χ3n) is 2.58. The number of halogens is 1. The van der Waals surface area contributed by atoms with Crippen LogP contribution >= 0.6 is 0 Å². The van der Waals surface area contributed by atoms with Gasteiger partial charge in [-0.15, -0.1) is 0 Å². The molecular formula is C13H16FNO5. The molecule has 0 fully saturated rings. The second-order valence-corrected chi connectivity index (χ2v) is 3.96. The van der Waals surface area contributed by atoms with Crippen LogP contribution in [0.1, 0.15) is 10.4 Å². The van der Waals surface area contributed by atoms with Crippen LogP contribution in [0.2, 0.25) is 0 Å². The normalized spacial score (nSPS) is 10.2. The van der Waals surface area contributed by atoms with E-state index in [1.54, 1.807) is 0 Å². The minimum absolute atomic E-state index is 0.0714. The quantitative estimate of drug-likeness (QED) is 0.809. The van der Waals surface area contributed by atoms with Crippen molar-refractivity contribution in [3.63, 3.8) is 0 Å². The van der Waals surface area contributed by atoms with Crippen molar-refractivity contribution >= 4 is 11.9 Å². The zero-order chi connectivity index (χ0) is 15.1. The van der Waals surface area contributed by atoms with E-state index in [9.17, 15) is 14.0 Å². The number of carbonyl (C=O) groups excluding carboxylic acids is 1. The van der Waals surface area contributed by atoms with Gasteiger partial charge < -0.3 is 19.5 Å². The minimum atomic E-state index is -1.14. The molecule has 7 heteroatoms. The fraction of sp³-hybridized carbons (Fsp3) is 0.385. The van der Waals surface area contributed by atoms with Gasteiger partial charge in [-0.1, -0.05) is 0 Å². The molecule has 6 nitrogen and oxygen atoms in total. The SMILES string of the molecule is COCCN(CC(=O)O)C(=O)c1ccc(F)c(OC)c1. The summed E-state index contributed by atoms with van der Waals surface area (Å²) in [5, 5.41) is 8.80. The van der Waals surface area contributed by atoms with Crippen LogP contribution in [0.25, 0.3) is 0 Å². The Morgan fingerprint density at radius 1 is 1.35 bits per heavy atom. The summed E-state index contributed by atoms with van der Waals surface area (Å²) in [5.74, 6) is -2.32. The zero-order valence-corrected chi connectivity index (χ0v) is 11.3. The molecular weight excluding hydrogens is 269 g/mol. The highest BCUT2D eigenvalue weighted by Gasteiger charge is 2.19. The van der Waals surface area contributed by atoms with Crippen LogP contribution in [0.5, 0.6) is 5.75 Å². The lowest BCUT2D eigenvalue weighted by atomic mass is 10.1. The summed E-state index contributed by atoms with van der Waals surface area (Å²) in [6, 6.07) is 3.61. The fourth-order valence-corrected chi connectivity index (χ4v) is 1.59. The minimum Gasteiger partial charge on any atom is -0.494 e. The Morgan fingerprint density at radius 3 is 2.60 bits per heavy atom. The number of carboxylic acid groups (broad SMARTS) is 1. The average Bonchev–Trinajstić information content (AvgIpc) is 2.42. The van der Waals surface area contributed by atoms with Gasteiger partial charge in [-0.25, -0.2) is 4.39 Å². The second-order valence-electron chi connectivity index (χ2n) is 3.96. The number of benzene rings is 1. The van der Waals surface area contributed by atoms with E-state index in [4.69, 9.17) is 14.6 Å². The zero-order valence-electron chi connectivity index (χ0n) is 11.3. The molecule has 0 radical (unpaired) electrons. The number of nitrogens with zero attached hydrogens (tertiary/aromatic N) is 1. The number of ether oxygens (including phenoxy) is 2. The van der Waals surface area contributed by atoms with Crippen molar-refractivity contribution in [2.45, 2.75) is 0 Å². The smallest absolute Gasteiger partial charge is 0.323 e. The molecule has 0 saturated heterocycles. The van der Waals surface area contributed by atoms with Gasteiger partial charge in [0.25, 0.3) is 5.91 Å². The molecule has 1 aromatic carbocycles. The highest BCUT2D eigenvalue weighted by atomic mass is 19.1. The van der Waals surface area contributed by atoms with Crippen molar-refractivity contribution in [3.05, 3.63) is 29.6 Å². The molecule has 0 aliphatic rings. The van der Waals surface area contributed by atoms with E-state index in [0.29, 0.717) is 0 Å². The summed E-state index contributed by atoms with van der Waals surface area (Å²) in [7, 11) is 2.73. The summed E-state index contributed by atoms with van der Waals surface area (Å²) in [4.78, 5) is 24.1. The lowest BCUT2D eigenvalue weighted by molar-refractivity contribution is -0.137. The number of hydrogen-bond donors (Lipinski definition) is 1. The van der Waals surface area contributed by atoms with Gasteiger partial charge >= 0.3 is 5.97 Å². The van der Waals surface area contributed by atoms with Crippen molar-refractivity contribution in [2.24, 2.45) is 0 Å². The molecule has 1 rings (SSSR count). The Hall–Kier alpha value is -2.15. The van der Waals surface area contributed by atoms with Gasteiger partial charge in [-0.05, 0) is 18.2 Å². The molecule has 0 unspecified atom stereocenters. The number of rotatable bonds is 7. The molecule has 0 spiro atoms. The monoisotopic (exact) mass is 285 g/mol. The van der Waals surface area contributed by atoms with Gasteiger partial charge in [-0.2, -0.15) is 0 Å². The van der Waals surface area contributed by atoms with Gasteiger partial charge in [0.1, 0.15) is 6.54 Å². The second kappa shape index (κ2) is 7.44. The number of amides is 1. The van der Waals surface area contributed by atoms with E-state index in [-0.39, 0.29) is 24.5 Å². The third-order valence-corrected chi connectivity index (χ3v) is 2.58. The molecule has 1 amide bonds. The van der Waals surface area contributed by atoms with Crippen LogP contribution in [0.15, 0.2) is 18.2 Å². The van der Waals surface area contributed by atoms with Gasteiger partial charge in [0.2, 0.25) is 0 Å². The first kappa shape index (κ1) is 15.9. The third kappa shape index (κ3) is 4.20. The number of hydrogen-bond acceptors (Lipinski definition) is 4. The predicted octanol–water partition coefficient (Wildman–Crippen LogP) is 1.01. The van der Waals surface area contributed by atoms with E-state index >= 15 is 0 Å². The lowest BCUT2D eigenvalue weighted by Crippen LogP contribution is -2.38. The molecule has 1 N–H and O–H groups in total. The van der Waals surface area contributed by atoms with E-state index in [1.165, 1.54) is 26.4 Å². The Kier molecular flexibility index (Phi) is 5.92. The predicted molar refractivity (Wildman–Crippen MR) is 68.4 cm³/mol. The van der Waals surface area contributed by atoms with Crippen molar-refractivity contribution in [2.75, 3.05) is 33.9 Å². The highest BCUT2D eigenvalue weighted by molar-refractivity contribution is 5.96. The molecule has 0 bridgehead atoms. The molecule has 0 aromatic heterocycles. The Bertz CT molecular complexity index is 492. The molecule has 20 heavy (non-hydrogen) atoms. The summed E-state index contributed by atoms with van der Waals surface area (Å²) >= 11 is 0. The molecule has 0 aliphatic carbocycles. The first-order chi connectivity index (χ1) is 9.49. The summed E-state index contributed by atoms with van der Waals surface area (Å²) in [5.41, 5.74) is 0.153. The maximum atomic E-state index is 13.3. The average molecular weight is 285 g/mol. The van der Waals surface area contributed by atoms with Crippen LogP contribution in [0, 0.1) is 5.82 Å². The van der Waals surface area contributed by atoms with E-state index in [1.807, 2.05) is 0 Å². The number of methoxy groups -OCH3 is 2. The van der Waals surface area contributed by atoms with E-state index < -0.39 is 24.2 Å². The number of carbonyl (C=O) groups is 2. The largest absolute Gasteiger partial charge is 0.494 e. The van der Waals surface area contributed by atoms with E-state index in [0.717, 1.165) is 11.0 Å². The molecule has 0 atom stereocenters. The van der Waals surface area contributed by atoms with Gasteiger partial charge in [0.05, 0.1) is 13.7 Å². The lowest BCUT2D eigenvalue weighted by Gasteiger charge is -2.20. The fourth-order valence-electron chi connectivity index (χ4n) is 1.59. The Balaban J connectivity index is 2.95. The number of carboxylic acids is 1. The van der Waals surface area contributed by atoms with Crippen LogP contribution in [0.4, 0.5) is 4.39 Å². The van der Waals surface area contributed by atoms with Crippen molar-refractivity contribution in [1.29, 1.82) is 0 Å². The first-order valence-electron chi connectivity index (χ1n) is 5.83. The van der Waals surface area contributed by atoms with Crippen LogP contribution < -0.4 is 4.74 Å².